The topological polar surface area (TPSA) is 33.3 Å². The van der Waals surface area contributed by atoms with Crippen LogP contribution in [0.25, 0.3) is 0 Å². The molecule has 92 valence electrons. The van der Waals surface area contributed by atoms with E-state index in [-0.39, 0.29) is 0 Å². The Morgan fingerprint density at radius 1 is 1.24 bits per heavy atom. The number of hydrogen-bond acceptors (Lipinski definition) is 3. The van der Waals surface area contributed by atoms with Crippen molar-refractivity contribution < 1.29 is 4.74 Å². The largest absolute Gasteiger partial charge is 0.493 e. The van der Waals surface area contributed by atoms with Crippen LogP contribution in [-0.2, 0) is 6.42 Å². The molecule has 2 unspecified atom stereocenters. The molecule has 2 atom stereocenters. The summed E-state index contributed by atoms with van der Waals surface area (Å²) >= 11 is 0. The monoisotopic (exact) mass is 232 g/mol. The van der Waals surface area contributed by atoms with E-state index in [0.29, 0.717) is 12.1 Å². The fourth-order valence-corrected chi connectivity index (χ4v) is 2.80. The molecule has 1 fully saturated rings. The Hall–Kier alpha value is -1.06. The van der Waals surface area contributed by atoms with E-state index in [4.69, 9.17) is 4.74 Å². The maximum atomic E-state index is 5.66. The first-order chi connectivity index (χ1) is 8.34. The average Bonchev–Trinajstić information content (AvgIpc) is 2.39. The van der Waals surface area contributed by atoms with Crippen LogP contribution in [0.4, 0.5) is 0 Å². The lowest BCUT2D eigenvalue weighted by Gasteiger charge is -2.32. The van der Waals surface area contributed by atoms with Crippen LogP contribution in [0.1, 0.15) is 30.5 Å². The molecule has 0 aliphatic carbocycles. The van der Waals surface area contributed by atoms with Crippen molar-refractivity contribution >= 4 is 0 Å². The number of ether oxygens (including phenoxy) is 1. The highest BCUT2D eigenvalue weighted by Crippen LogP contribution is 2.29. The molecule has 2 heterocycles. The molecule has 1 saturated heterocycles. The predicted molar refractivity (Wildman–Crippen MR) is 68.5 cm³/mol. The number of nitrogens with one attached hydrogen (secondary N) is 2. The molecule has 3 rings (SSSR count). The van der Waals surface area contributed by atoms with Crippen LogP contribution in [0.5, 0.6) is 5.75 Å². The van der Waals surface area contributed by atoms with Crippen LogP contribution < -0.4 is 15.4 Å². The minimum Gasteiger partial charge on any atom is -0.493 e. The summed E-state index contributed by atoms with van der Waals surface area (Å²) in [5.41, 5.74) is 2.75. The fraction of sp³-hybridized carbons (Fsp3) is 0.571. The van der Waals surface area contributed by atoms with Crippen molar-refractivity contribution in [2.75, 3.05) is 19.7 Å². The van der Waals surface area contributed by atoms with Gasteiger partial charge in [0.05, 0.1) is 6.61 Å². The molecule has 1 aromatic carbocycles. The summed E-state index contributed by atoms with van der Waals surface area (Å²) in [5.74, 6) is 1.08. The lowest BCUT2D eigenvalue weighted by molar-refractivity contribution is 0.287. The quantitative estimate of drug-likeness (QED) is 0.772. The normalized spacial score (nSPS) is 28.3. The van der Waals surface area contributed by atoms with E-state index in [2.05, 4.69) is 35.8 Å². The van der Waals surface area contributed by atoms with Gasteiger partial charge in [0.25, 0.3) is 0 Å². The first kappa shape index (κ1) is 11.1. The highest BCUT2D eigenvalue weighted by molar-refractivity contribution is 5.40. The lowest BCUT2D eigenvalue weighted by Crippen LogP contribution is -2.49. The Morgan fingerprint density at radius 3 is 3.00 bits per heavy atom. The standard InChI is InChI=1S/C14H20N2O/c1-10-14(16-7-6-15-10)12-4-5-13-11(9-12)3-2-8-17-13/h4-5,9-10,14-16H,2-3,6-8H2,1H3. The number of fused-ring (bicyclic) bond motifs is 1. The Balaban J connectivity index is 1.87. The molecule has 2 aliphatic heterocycles. The molecule has 0 spiro atoms. The van der Waals surface area contributed by atoms with Gasteiger partial charge in [-0.2, -0.15) is 0 Å². The third kappa shape index (κ3) is 2.17. The third-order valence-corrected chi connectivity index (χ3v) is 3.75. The second-order valence-corrected chi connectivity index (χ2v) is 4.99. The van der Waals surface area contributed by atoms with Crippen LogP contribution in [0, 0.1) is 0 Å². The number of piperazine rings is 1. The number of aryl methyl sites for hydroxylation is 1. The highest BCUT2D eigenvalue weighted by Gasteiger charge is 2.23. The van der Waals surface area contributed by atoms with Gasteiger partial charge in [-0.1, -0.05) is 12.1 Å². The average molecular weight is 232 g/mol. The fourth-order valence-electron chi connectivity index (χ4n) is 2.80. The second-order valence-electron chi connectivity index (χ2n) is 4.99. The van der Waals surface area contributed by atoms with E-state index in [1.54, 1.807) is 0 Å². The van der Waals surface area contributed by atoms with Crippen LogP contribution in [0.15, 0.2) is 18.2 Å². The first-order valence-electron chi connectivity index (χ1n) is 6.57. The molecule has 17 heavy (non-hydrogen) atoms. The molecular weight excluding hydrogens is 212 g/mol. The Labute approximate surface area is 103 Å². The summed E-state index contributed by atoms with van der Waals surface area (Å²) in [6.45, 7) is 5.22. The summed E-state index contributed by atoms with van der Waals surface area (Å²) in [6, 6.07) is 7.57. The zero-order valence-corrected chi connectivity index (χ0v) is 10.3. The lowest BCUT2D eigenvalue weighted by atomic mass is 9.94. The molecule has 3 nitrogen and oxygen atoms in total. The molecule has 3 heteroatoms. The van der Waals surface area contributed by atoms with Crippen molar-refractivity contribution in [3.63, 3.8) is 0 Å². The van der Waals surface area contributed by atoms with Crippen molar-refractivity contribution in [1.82, 2.24) is 10.6 Å². The third-order valence-electron chi connectivity index (χ3n) is 3.75. The van der Waals surface area contributed by atoms with Gasteiger partial charge in [0.15, 0.2) is 0 Å². The van der Waals surface area contributed by atoms with Crippen LogP contribution in [0.3, 0.4) is 0 Å². The van der Waals surface area contributed by atoms with Crippen molar-refractivity contribution in [2.45, 2.75) is 31.8 Å². The van der Waals surface area contributed by atoms with Crippen LogP contribution in [-0.4, -0.2) is 25.7 Å². The maximum Gasteiger partial charge on any atom is 0.122 e. The Morgan fingerprint density at radius 2 is 2.12 bits per heavy atom. The van der Waals surface area contributed by atoms with Gasteiger partial charge in [0, 0.05) is 25.2 Å². The predicted octanol–water partition coefficient (Wildman–Crippen LogP) is 1.63. The van der Waals surface area contributed by atoms with E-state index in [1.807, 2.05) is 0 Å². The summed E-state index contributed by atoms with van der Waals surface area (Å²) in [7, 11) is 0. The smallest absolute Gasteiger partial charge is 0.122 e. The summed E-state index contributed by atoms with van der Waals surface area (Å²) in [5, 5.41) is 7.11. The molecule has 1 aromatic rings. The summed E-state index contributed by atoms with van der Waals surface area (Å²) < 4.78 is 5.66. The molecule has 2 N–H and O–H groups in total. The summed E-state index contributed by atoms with van der Waals surface area (Å²) in [4.78, 5) is 0. The van der Waals surface area contributed by atoms with Gasteiger partial charge >= 0.3 is 0 Å². The van der Waals surface area contributed by atoms with E-state index < -0.39 is 0 Å². The second kappa shape index (κ2) is 4.67. The molecule has 0 bridgehead atoms. The molecule has 2 aliphatic rings. The molecule has 0 aromatic heterocycles. The minimum atomic E-state index is 0.427. The molecule has 0 radical (unpaired) electrons. The SMILES string of the molecule is CC1NCCNC1c1ccc2c(c1)CCCO2. The number of hydrogen-bond donors (Lipinski definition) is 2. The van der Waals surface area contributed by atoms with Crippen molar-refractivity contribution in [3.8, 4) is 5.75 Å². The van der Waals surface area contributed by atoms with Crippen LogP contribution >= 0.6 is 0 Å². The number of rotatable bonds is 1. The number of benzene rings is 1. The van der Waals surface area contributed by atoms with Crippen molar-refractivity contribution in [3.05, 3.63) is 29.3 Å². The van der Waals surface area contributed by atoms with E-state index >= 15 is 0 Å². The molecule has 0 amide bonds. The van der Waals surface area contributed by atoms with E-state index in [0.717, 1.165) is 38.3 Å². The van der Waals surface area contributed by atoms with Gasteiger partial charge < -0.3 is 15.4 Å². The molecular formula is C14H20N2O. The Kier molecular flexibility index (Phi) is 3.04. The zero-order valence-electron chi connectivity index (χ0n) is 10.3. The van der Waals surface area contributed by atoms with Crippen molar-refractivity contribution in [1.29, 1.82) is 0 Å². The van der Waals surface area contributed by atoms with Gasteiger partial charge in [-0.25, -0.2) is 0 Å². The van der Waals surface area contributed by atoms with Gasteiger partial charge in [0.1, 0.15) is 5.75 Å². The van der Waals surface area contributed by atoms with Gasteiger partial charge in [-0.15, -0.1) is 0 Å². The summed E-state index contributed by atoms with van der Waals surface area (Å²) in [6.07, 6.45) is 2.29. The van der Waals surface area contributed by atoms with E-state index in [1.165, 1.54) is 11.1 Å². The molecule has 0 saturated carbocycles. The van der Waals surface area contributed by atoms with Gasteiger partial charge in [-0.3, -0.25) is 0 Å². The van der Waals surface area contributed by atoms with Crippen LogP contribution in [0.2, 0.25) is 0 Å². The maximum absolute atomic E-state index is 5.66. The van der Waals surface area contributed by atoms with Crippen molar-refractivity contribution in [2.24, 2.45) is 0 Å². The highest BCUT2D eigenvalue weighted by atomic mass is 16.5. The first-order valence-corrected chi connectivity index (χ1v) is 6.57. The van der Waals surface area contributed by atoms with E-state index in [9.17, 15) is 0 Å². The van der Waals surface area contributed by atoms with Gasteiger partial charge in [-0.05, 0) is 37.0 Å². The Bertz CT molecular complexity index is 405. The zero-order chi connectivity index (χ0) is 11.7. The van der Waals surface area contributed by atoms with Gasteiger partial charge in [0.2, 0.25) is 0 Å². The minimum absolute atomic E-state index is 0.427.